The summed E-state index contributed by atoms with van der Waals surface area (Å²) in [4.78, 5) is 0. The highest BCUT2D eigenvalue weighted by molar-refractivity contribution is 9.10. The smallest absolute Gasteiger partial charge is 0.0617 e. The zero-order chi connectivity index (χ0) is 13.0. The van der Waals surface area contributed by atoms with E-state index < -0.39 is 0 Å². The van der Waals surface area contributed by atoms with Gasteiger partial charge >= 0.3 is 0 Å². The van der Waals surface area contributed by atoms with E-state index in [9.17, 15) is 0 Å². The number of benzene rings is 1. The van der Waals surface area contributed by atoms with Crippen molar-refractivity contribution in [3.63, 3.8) is 0 Å². The molecule has 1 heterocycles. The number of ether oxygens (including phenoxy) is 1. The Hall–Kier alpha value is -0.420. The van der Waals surface area contributed by atoms with Crippen molar-refractivity contribution in [1.82, 2.24) is 5.43 Å². The lowest BCUT2D eigenvalue weighted by Gasteiger charge is -2.26. The second-order valence-corrected chi connectivity index (χ2v) is 5.69. The van der Waals surface area contributed by atoms with Crippen LogP contribution >= 0.6 is 15.9 Å². The third-order valence-corrected chi connectivity index (χ3v) is 4.57. The Bertz CT molecular complexity index is 386. The molecule has 1 fully saturated rings. The SMILES string of the molecule is CCC1OCCC1C(Cc1ccccc1Br)NN. The number of nitrogens with one attached hydrogen (secondary N) is 1. The average molecular weight is 313 g/mol. The van der Waals surface area contributed by atoms with Crippen LogP contribution in [0.4, 0.5) is 0 Å². The highest BCUT2D eigenvalue weighted by atomic mass is 79.9. The van der Waals surface area contributed by atoms with E-state index in [4.69, 9.17) is 10.6 Å². The fraction of sp³-hybridized carbons (Fsp3) is 0.571. The molecule has 1 saturated heterocycles. The standard InChI is InChI=1S/C14H21BrN2O/c1-2-14-11(7-8-18-14)13(17-16)9-10-5-3-4-6-12(10)15/h3-6,11,13-14,17H,2,7-9,16H2,1H3. The molecule has 1 aliphatic rings. The molecule has 18 heavy (non-hydrogen) atoms. The highest BCUT2D eigenvalue weighted by Crippen LogP contribution is 2.29. The predicted octanol–water partition coefficient (Wildman–Crippen LogP) is 2.64. The maximum Gasteiger partial charge on any atom is 0.0617 e. The van der Waals surface area contributed by atoms with Gasteiger partial charge in [0.15, 0.2) is 0 Å². The molecular formula is C14H21BrN2O. The molecule has 0 amide bonds. The molecule has 0 bridgehead atoms. The summed E-state index contributed by atoms with van der Waals surface area (Å²) >= 11 is 3.59. The first-order chi connectivity index (χ1) is 8.76. The van der Waals surface area contributed by atoms with Crippen LogP contribution in [0.1, 0.15) is 25.3 Å². The van der Waals surface area contributed by atoms with Crippen LogP contribution in [0.5, 0.6) is 0 Å². The van der Waals surface area contributed by atoms with Gasteiger partial charge in [0.05, 0.1) is 6.10 Å². The first kappa shape index (κ1) is 14.0. The highest BCUT2D eigenvalue weighted by Gasteiger charge is 2.33. The van der Waals surface area contributed by atoms with Gasteiger partial charge in [-0.05, 0) is 30.9 Å². The molecule has 0 radical (unpaired) electrons. The van der Waals surface area contributed by atoms with Crippen molar-refractivity contribution >= 4 is 15.9 Å². The van der Waals surface area contributed by atoms with Crippen molar-refractivity contribution in [2.45, 2.75) is 38.3 Å². The number of hydrogen-bond acceptors (Lipinski definition) is 3. The number of nitrogens with two attached hydrogens (primary N) is 1. The maximum atomic E-state index is 5.76. The fourth-order valence-electron chi connectivity index (χ4n) is 2.78. The summed E-state index contributed by atoms with van der Waals surface area (Å²) in [6.07, 6.45) is 3.42. The maximum absolute atomic E-state index is 5.76. The van der Waals surface area contributed by atoms with E-state index >= 15 is 0 Å². The second-order valence-electron chi connectivity index (χ2n) is 4.84. The van der Waals surface area contributed by atoms with Crippen molar-refractivity contribution < 1.29 is 4.74 Å². The molecule has 3 N–H and O–H groups in total. The molecule has 3 atom stereocenters. The number of hydrazine groups is 1. The Morgan fingerprint density at radius 2 is 2.28 bits per heavy atom. The minimum atomic E-state index is 0.274. The normalized spacial score (nSPS) is 25.3. The molecule has 0 aliphatic carbocycles. The summed E-state index contributed by atoms with van der Waals surface area (Å²) < 4.78 is 6.91. The van der Waals surface area contributed by atoms with Gasteiger partial charge in [0.25, 0.3) is 0 Å². The van der Waals surface area contributed by atoms with Crippen LogP contribution in [0.3, 0.4) is 0 Å². The topological polar surface area (TPSA) is 47.3 Å². The Kier molecular flexibility index (Phi) is 5.18. The Morgan fingerprint density at radius 3 is 2.94 bits per heavy atom. The van der Waals surface area contributed by atoms with Gasteiger partial charge in [-0.2, -0.15) is 0 Å². The van der Waals surface area contributed by atoms with Gasteiger partial charge in [-0.25, -0.2) is 0 Å². The molecule has 1 aromatic carbocycles. The summed E-state index contributed by atoms with van der Waals surface area (Å²) in [5, 5.41) is 0. The van der Waals surface area contributed by atoms with Crippen LogP contribution in [-0.2, 0) is 11.2 Å². The van der Waals surface area contributed by atoms with Gasteiger partial charge in [0, 0.05) is 23.0 Å². The van der Waals surface area contributed by atoms with E-state index in [0.717, 1.165) is 30.3 Å². The zero-order valence-corrected chi connectivity index (χ0v) is 12.3. The minimum absolute atomic E-state index is 0.274. The van der Waals surface area contributed by atoms with E-state index in [1.165, 1.54) is 5.56 Å². The quantitative estimate of drug-likeness (QED) is 0.649. The third kappa shape index (κ3) is 3.12. The van der Waals surface area contributed by atoms with Crippen LogP contribution in [0.25, 0.3) is 0 Å². The molecule has 1 aromatic rings. The molecule has 2 rings (SSSR count). The van der Waals surface area contributed by atoms with Gasteiger partial charge in [0.2, 0.25) is 0 Å². The molecule has 0 aromatic heterocycles. The monoisotopic (exact) mass is 312 g/mol. The van der Waals surface area contributed by atoms with E-state index in [-0.39, 0.29) is 6.04 Å². The van der Waals surface area contributed by atoms with Gasteiger partial charge < -0.3 is 4.74 Å². The van der Waals surface area contributed by atoms with Crippen LogP contribution < -0.4 is 11.3 Å². The lowest BCUT2D eigenvalue weighted by molar-refractivity contribution is 0.0774. The molecular weight excluding hydrogens is 292 g/mol. The summed E-state index contributed by atoms with van der Waals surface area (Å²) in [6.45, 7) is 3.03. The number of halogens is 1. The van der Waals surface area contributed by atoms with E-state index in [0.29, 0.717) is 12.0 Å². The van der Waals surface area contributed by atoms with Crippen molar-refractivity contribution in [3.05, 3.63) is 34.3 Å². The van der Waals surface area contributed by atoms with Crippen molar-refractivity contribution in [3.8, 4) is 0 Å². The Labute approximate surface area is 117 Å². The number of hydrogen-bond donors (Lipinski definition) is 2. The van der Waals surface area contributed by atoms with E-state index in [1.807, 2.05) is 6.07 Å². The zero-order valence-electron chi connectivity index (χ0n) is 10.7. The summed E-state index contributed by atoms with van der Waals surface area (Å²) in [5.74, 6) is 6.25. The molecule has 1 aliphatic heterocycles. The molecule has 3 nitrogen and oxygen atoms in total. The fourth-order valence-corrected chi connectivity index (χ4v) is 3.23. The first-order valence-corrected chi connectivity index (χ1v) is 7.36. The minimum Gasteiger partial charge on any atom is -0.378 e. The summed E-state index contributed by atoms with van der Waals surface area (Å²) in [6, 6.07) is 8.59. The summed E-state index contributed by atoms with van der Waals surface area (Å²) in [7, 11) is 0. The van der Waals surface area contributed by atoms with E-state index in [2.05, 4.69) is 46.5 Å². The Balaban J connectivity index is 2.07. The second kappa shape index (κ2) is 6.66. The largest absolute Gasteiger partial charge is 0.378 e. The van der Waals surface area contributed by atoms with Crippen LogP contribution in [0.15, 0.2) is 28.7 Å². The lowest BCUT2D eigenvalue weighted by atomic mass is 9.88. The van der Waals surface area contributed by atoms with Crippen LogP contribution in [0.2, 0.25) is 0 Å². The first-order valence-electron chi connectivity index (χ1n) is 6.57. The van der Waals surface area contributed by atoms with Gasteiger partial charge in [-0.1, -0.05) is 41.1 Å². The van der Waals surface area contributed by atoms with E-state index in [1.54, 1.807) is 0 Å². The average Bonchev–Trinajstić information content (AvgIpc) is 2.86. The summed E-state index contributed by atoms with van der Waals surface area (Å²) in [5.41, 5.74) is 4.28. The Morgan fingerprint density at radius 1 is 1.50 bits per heavy atom. The van der Waals surface area contributed by atoms with Gasteiger partial charge in [-0.3, -0.25) is 11.3 Å². The van der Waals surface area contributed by atoms with Crippen molar-refractivity contribution in [2.24, 2.45) is 11.8 Å². The lowest BCUT2D eigenvalue weighted by Crippen LogP contribution is -2.45. The van der Waals surface area contributed by atoms with Gasteiger partial charge in [-0.15, -0.1) is 0 Å². The molecule has 4 heteroatoms. The molecule has 3 unspecified atom stereocenters. The molecule has 0 saturated carbocycles. The van der Waals surface area contributed by atoms with Crippen molar-refractivity contribution in [1.29, 1.82) is 0 Å². The van der Waals surface area contributed by atoms with Crippen molar-refractivity contribution in [2.75, 3.05) is 6.61 Å². The van der Waals surface area contributed by atoms with Crippen LogP contribution in [0, 0.1) is 5.92 Å². The third-order valence-electron chi connectivity index (χ3n) is 3.79. The predicted molar refractivity (Wildman–Crippen MR) is 77.1 cm³/mol. The number of rotatable bonds is 5. The van der Waals surface area contributed by atoms with Gasteiger partial charge in [0.1, 0.15) is 0 Å². The molecule has 100 valence electrons. The van der Waals surface area contributed by atoms with Crippen LogP contribution in [-0.4, -0.2) is 18.8 Å². The molecule has 0 spiro atoms.